The van der Waals surface area contributed by atoms with E-state index in [1.54, 1.807) is 4.90 Å². The molecule has 0 aliphatic carbocycles. The van der Waals surface area contributed by atoms with Crippen molar-refractivity contribution in [3.05, 3.63) is 0 Å². The monoisotopic (exact) mass is 272 g/mol. The van der Waals surface area contributed by atoms with Gasteiger partial charge in [-0.15, -0.1) is 0 Å². The first kappa shape index (κ1) is 15.9. The molecule has 1 rings (SSSR count). The SMILES string of the molecule is NCCCC[C@@H](N)C(=O)N1CCC(N)(C(=O)O)CC1. The lowest BCUT2D eigenvalue weighted by Gasteiger charge is -2.37. The zero-order chi connectivity index (χ0) is 14.5. The first-order valence-electron chi connectivity index (χ1n) is 6.67. The van der Waals surface area contributed by atoms with Crippen molar-refractivity contribution in [3.63, 3.8) is 0 Å². The maximum Gasteiger partial charge on any atom is 0.323 e. The van der Waals surface area contributed by atoms with Gasteiger partial charge in [-0.05, 0) is 32.2 Å². The molecule has 1 aliphatic heterocycles. The van der Waals surface area contributed by atoms with Gasteiger partial charge in [-0.3, -0.25) is 9.59 Å². The van der Waals surface area contributed by atoms with Gasteiger partial charge in [-0.25, -0.2) is 0 Å². The van der Waals surface area contributed by atoms with Crippen LogP contribution in [0.5, 0.6) is 0 Å². The minimum atomic E-state index is -1.21. The fourth-order valence-corrected chi connectivity index (χ4v) is 2.21. The lowest BCUT2D eigenvalue weighted by molar-refractivity contribution is -0.147. The number of unbranched alkanes of at least 4 members (excludes halogenated alkanes) is 1. The Balaban J connectivity index is 2.42. The number of nitrogens with zero attached hydrogens (tertiary/aromatic N) is 1. The van der Waals surface area contributed by atoms with Crippen LogP contribution >= 0.6 is 0 Å². The number of piperidine rings is 1. The van der Waals surface area contributed by atoms with E-state index >= 15 is 0 Å². The third-order valence-electron chi connectivity index (χ3n) is 3.68. The molecule has 1 amide bonds. The molecule has 1 saturated heterocycles. The average molecular weight is 272 g/mol. The third kappa shape index (κ3) is 4.15. The maximum absolute atomic E-state index is 12.1. The van der Waals surface area contributed by atoms with Crippen molar-refractivity contribution in [1.82, 2.24) is 4.90 Å². The Hall–Kier alpha value is -1.18. The van der Waals surface area contributed by atoms with Gasteiger partial charge in [0.2, 0.25) is 5.91 Å². The fraction of sp³-hybridized carbons (Fsp3) is 0.833. The zero-order valence-electron chi connectivity index (χ0n) is 11.2. The highest BCUT2D eigenvalue weighted by atomic mass is 16.4. The van der Waals surface area contributed by atoms with Gasteiger partial charge in [0.05, 0.1) is 6.04 Å². The standard InChI is InChI=1S/C12H24N4O3/c13-6-2-1-3-9(14)10(17)16-7-4-12(15,5-8-16)11(18)19/h9H,1-8,13-15H2,(H,18,19)/t9-/m1/s1. The van der Waals surface area contributed by atoms with Crippen LogP contribution in [0.3, 0.4) is 0 Å². The summed E-state index contributed by atoms with van der Waals surface area (Å²) < 4.78 is 0. The van der Waals surface area contributed by atoms with Crippen LogP contribution in [0.1, 0.15) is 32.1 Å². The highest BCUT2D eigenvalue weighted by molar-refractivity contribution is 5.83. The molecule has 0 saturated carbocycles. The summed E-state index contributed by atoms with van der Waals surface area (Å²) in [5.74, 6) is -1.13. The summed E-state index contributed by atoms with van der Waals surface area (Å²) in [6, 6.07) is -0.526. The largest absolute Gasteiger partial charge is 0.480 e. The summed E-state index contributed by atoms with van der Waals surface area (Å²) in [5.41, 5.74) is 15.8. The van der Waals surface area contributed by atoms with Crippen molar-refractivity contribution in [3.8, 4) is 0 Å². The summed E-state index contributed by atoms with van der Waals surface area (Å²) in [6.07, 6.45) is 2.82. The van der Waals surface area contributed by atoms with Gasteiger partial charge in [0.15, 0.2) is 0 Å². The Bertz CT molecular complexity index is 327. The van der Waals surface area contributed by atoms with Gasteiger partial charge < -0.3 is 27.2 Å². The fourth-order valence-electron chi connectivity index (χ4n) is 2.21. The van der Waals surface area contributed by atoms with E-state index in [0.717, 1.165) is 12.8 Å². The Morgan fingerprint density at radius 1 is 1.26 bits per heavy atom. The first-order chi connectivity index (χ1) is 8.90. The number of carboxylic acids is 1. The molecule has 19 heavy (non-hydrogen) atoms. The third-order valence-corrected chi connectivity index (χ3v) is 3.68. The van der Waals surface area contributed by atoms with Crippen LogP contribution in [0.4, 0.5) is 0 Å². The summed E-state index contributed by atoms with van der Waals surface area (Å²) in [6.45, 7) is 1.30. The highest BCUT2D eigenvalue weighted by Gasteiger charge is 2.39. The number of hydrogen-bond acceptors (Lipinski definition) is 5. The van der Waals surface area contributed by atoms with E-state index in [2.05, 4.69) is 0 Å². The summed E-state index contributed by atoms with van der Waals surface area (Å²) in [4.78, 5) is 24.7. The summed E-state index contributed by atoms with van der Waals surface area (Å²) >= 11 is 0. The smallest absolute Gasteiger partial charge is 0.323 e. The van der Waals surface area contributed by atoms with Crippen LogP contribution in [0.2, 0.25) is 0 Å². The Morgan fingerprint density at radius 2 is 1.84 bits per heavy atom. The van der Waals surface area contributed by atoms with Crippen molar-refractivity contribution in [1.29, 1.82) is 0 Å². The van der Waals surface area contributed by atoms with Gasteiger partial charge >= 0.3 is 5.97 Å². The molecule has 0 unspecified atom stereocenters. The van der Waals surface area contributed by atoms with E-state index in [-0.39, 0.29) is 18.7 Å². The normalized spacial score (nSPS) is 20.1. The number of carbonyl (C=O) groups excluding carboxylic acids is 1. The number of aliphatic carboxylic acids is 1. The predicted molar refractivity (Wildman–Crippen MR) is 71.2 cm³/mol. The molecule has 1 atom stereocenters. The van der Waals surface area contributed by atoms with Crippen LogP contribution in [0.25, 0.3) is 0 Å². The zero-order valence-corrected chi connectivity index (χ0v) is 11.2. The van der Waals surface area contributed by atoms with Crippen molar-refractivity contribution in [2.24, 2.45) is 17.2 Å². The number of nitrogens with two attached hydrogens (primary N) is 3. The van der Waals surface area contributed by atoms with Gasteiger partial charge in [0.25, 0.3) is 0 Å². The molecule has 0 aromatic carbocycles. The molecular formula is C12H24N4O3. The summed E-state index contributed by atoms with van der Waals surface area (Å²) in [5, 5.41) is 9.01. The Morgan fingerprint density at radius 3 is 2.32 bits per heavy atom. The Kier molecular flexibility index (Phi) is 5.71. The maximum atomic E-state index is 12.1. The van der Waals surface area contributed by atoms with E-state index in [1.165, 1.54) is 0 Å². The lowest BCUT2D eigenvalue weighted by atomic mass is 9.88. The number of likely N-dealkylation sites (tertiary alicyclic amines) is 1. The molecule has 1 heterocycles. The minimum Gasteiger partial charge on any atom is -0.480 e. The Labute approximate surface area is 113 Å². The number of hydrogen-bond donors (Lipinski definition) is 4. The number of carboxylic acid groups (broad SMARTS) is 1. The van der Waals surface area contributed by atoms with E-state index in [4.69, 9.17) is 22.3 Å². The van der Waals surface area contributed by atoms with Crippen LogP contribution < -0.4 is 17.2 Å². The van der Waals surface area contributed by atoms with Crippen LogP contribution in [0, 0.1) is 0 Å². The number of carbonyl (C=O) groups is 2. The molecule has 1 fully saturated rings. The van der Waals surface area contributed by atoms with Crippen molar-refractivity contribution in [2.45, 2.75) is 43.7 Å². The van der Waals surface area contributed by atoms with E-state index < -0.39 is 17.6 Å². The van der Waals surface area contributed by atoms with Crippen molar-refractivity contribution < 1.29 is 14.7 Å². The number of amides is 1. The minimum absolute atomic E-state index is 0.121. The van der Waals surface area contributed by atoms with Crippen molar-refractivity contribution >= 4 is 11.9 Å². The quantitative estimate of drug-likeness (QED) is 0.451. The van der Waals surface area contributed by atoms with Gasteiger partial charge in [-0.2, -0.15) is 0 Å². The molecule has 0 spiro atoms. The summed E-state index contributed by atoms with van der Waals surface area (Å²) in [7, 11) is 0. The van der Waals surface area contributed by atoms with Gasteiger partial charge in [0, 0.05) is 13.1 Å². The molecule has 7 heteroatoms. The van der Waals surface area contributed by atoms with Crippen LogP contribution in [0.15, 0.2) is 0 Å². The molecule has 0 aromatic heterocycles. The van der Waals surface area contributed by atoms with Gasteiger partial charge in [-0.1, -0.05) is 6.42 Å². The molecule has 7 nitrogen and oxygen atoms in total. The topological polar surface area (TPSA) is 136 Å². The van der Waals surface area contributed by atoms with Crippen LogP contribution in [-0.4, -0.2) is 53.1 Å². The molecule has 0 bridgehead atoms. The lowest BCUT2D eigenvalue weighted by Crippen LogP contribution is -2.58. The van der Waals surface area contributed by atoms with Crippen LogP contribution in [-0.2, 0) is 9.59 Å². The molecule has 1 aliphatic rings. The van der Waals surface area contributed by atoms with Gasteiger partial charge in [0.1, 0.15) is 5.54 Å². The van der Waals surface area contributed by atoms with E-state index in [1.807, 2.05) is 0 Å². The number of rotatable bonds is 6. The van der Waals surface area contributed by atoms with Crippen molar-refractivity contribution in [2.75, 3.05) is 19.6 Å². The van der Waals surface area contributed by atoms with E-state index in [9.17, 15) is 9.59 Å². The molecule has 7 N–H and O–H groups in total. The first-order valence-corrected chi connectivity index (χ1v) is 6.67. The molecular weight excluding hydrogens is 248 g/mol. The van der Waals surface area contributed by atoms with E-state index in [0.29, 0.717) is 26.1 Å². The predicted octanol–water partition coefficient (Wildman–Crippen LogP) is -1.15. The molecule has 0 radical (unpaired) electrons. The second-order valence-corrected chi connectivity index (χ2v) is 5.18. The second kappa shape index (κ2) is 6.83. The highest BCUT2D eigenvalue weighted by Crippen LogP contribution is 2.20. The average Bonchev–Trinajstić information content (AvgIpc) is 2.39. The molecule has 0 aromatic rings. The molecule has 110 valence electrons. The second-order valence-electron chi connectivity index (χ2n) is 5.18.